The summed E-state index contributed by atoms with van der Waals surface area (Å²) < 4.78 is 13.7. The third-order valence-corrected chi connectivity index (χ3v) is 6.71. The third kappa shape index (κ3) is 4.09. The van der Waals surface area contributed by atoms with Gasteiger partial charge in [-0.15, -0.1) is 0 Å². The van der Waals surface area contributed by atoms with Gasteiger partial charge in [0.25, 0.3) is 0 Å². The van der Waals surface area contributed by atoms with Crippen LogP contribution in [0.5, 0.6) is 0 Å². The average Bonchev–Trinajstić information content (AvgIpc) is 3.56. The molecule has 2 aliphatic heterocycles. The first-order valence-corrected chi connectivity index (χ1v) is 12.1. The summed E-state index contributed by atoms with van der Waals surface area (Å²) in [5.41, 5.74) is 3.65. The number of nitrogens with zero attached hydrogens (tertiary/aromatic N) is 5. The molecule has 170 valence electrons. The second-order valence-corrected chi connectivity index (χ2v) is 9.23. The zero-order valence-corrected chi connectivity index (χ0v) is 19.0. The van der Waals surface area contributed by atoms with E-state index in [9.17, 15) is 0 Å². The van der Waals surface area contributed by atoms with Crippen molar-refractivity contribution >= 4 is 16.7 Å². The normalized spacial score (nSPS) is 23.4. The summed E-state index contributed by atoms with van der Waals surface area (Å²) in [4.78, 5) is 12.3. The molecule has 0 radical (unpaired) electrons. The fourth-order valence-corrected chi connectivity index (χ4v) is 4.70. The minimum atomic E-state index is -0.0580. The van der Waals surface area contributed by atoms with E-state index >= 15 is 0 Å². The first-order valence-electron chi connectivity index (χ1n) is 12.1. The Balaban J connectivity index is 1.51. The van der Waals surface area contributed by atoms with E-state index in [0.29, 0.717) is 19.1 Å². The fraction of sp³-hybridized carbons (Fsp3) is 0.500. The van der Waals surface area contributed by atoms with E-state index in [-0.39, 0.29) is 12.3 Å². The van der Waals surface area contributed by atoms with Crippen molar-refractivity contribution in [3.05, 3.63) is 36.2 Å². The van der Waals surface area contributed by atoms with Crippen molar-refractivity contribution in [2.75, 3.05) is 31.3 Å². The van der Waals surface area contributed by atoms with Crippen molar-refractivity contribution in [2.24, 2.45) is 5.92 Å². The van der Waals surface area contributed by atoms with Gasteiger partial charge in [-0.1, -0.05) is 11.8 Å². The molecule has 3 aromatic rings. The number of fused-ring (bicyclic) bond motifs is 1. The highest BCUT2D eigenvalue weighted by Gasteiger charge is 2.25. The zero-order chi connectivity index (χ0) is 22.2. The molecule has 3 aliphatic rings. The van der Waals surface area contributed by atoms with Crippen LogP contribution in [0.2, 0.25) is 0 Å². The van der Waals surface area contributed by atoms with Crippen LogP contribution in [0.4, 0.5) is 5.82 Å². The number of anilines is 1. The number of hydrogen-bond acceptors (Lipinski definition) is 6. The highest BCUT2D eigenvalue weighted by atomic mass is 16.5. The van der Waals surface area contributed by atoms with E-state index in [1.807, 2.05) is 29.2 Å². The van der Waals surface area contributed by atoms with Gasteiger partial charge >= 0.3 is 0 Å². The predicted octanol–water partition coefficient (Wildman–Crippen LogP) is 4.18. The lowest BCUT2D eigenvalue weighted by atomic mass is 10.1. The van der Waals surface area contributed by atoms with Crippen molar-refractivity contribution in [3.63, 3.8) is 0 Å². The van der Waals surface area contributed by atoms with E-state index in [1.54, 1.807) is 0 Å². The van der Waals surface area contributed by atoms with Crippen molar-refractivity contribution in [3.8, 4) is 23.2 Å². The average molecular weight is 444 g/mol. The first-order chi connectivity index (χ1) is 16.3. The van der Waals surface area contributed by atoms with Crippen molar-refractivity contribution in [2.45, 2.75) is 51.3 Å². The molecule has 7 nitrogen and oxygen atoms in total. The van der Waals surface area contributed by atoms with E-state index in [0.717, 1.165) is 66.1 Å². The van der Waals surface area contributed by atoms with Gasteiger partial charge in [-0.2, -0.15) is 5.10 Å². The number of rotatable bonds is 3. The zero-order valence-electron chi connectivity index (χ0n) is 19.0. The molecule has 2 atom stereocenters. The van der Waals surface area contributed by atoms with E-state index in [2.05, 4.69) is 34.8 Å². The lowest BCUT2D eigenvalue weighted by molar-refractivity contribution is -0.0383. The Kier molecular flexibility index (Phi) is 5.49. The highest BCUT2D eigenvalue weighted by molar-refractivity contribution is 5.95. The second-order valence-electron chi connectivity index (χ2n) is 9.23. The van der Waals surface area contributed by atoms with Crippen LogP contribution < -0.4 is 4.90 Å². The largest absolute Gasteiger partial charge is 0.377 e. The Morgan fingerprint density at radius 2 is 2.03 bits per heavy atom. The van der Waals surface area contributed by atoms with Crippen molar-refractivity contribution < 1.29 is 9.47 Å². The fourth-order valence-electron chi connectivity index (χ4n) is 4.70. The van der Waals surface area contributed by atoms with Gasteiger partial charge in [0.2, 0.25) is 0 Å². The summed E-state index contributed by atoms with van der Waals surface area (Å²) in [5, 5.41) is 5.64. The van der Waals surface area contributed by atoms with Crippen molar-refractivity contribution in [1.82, 2.24) is 19.7 Å². The van der Waals surface area contributed by atoms with Crippen LogP contribution >= 0.6 is 0 Å². The lowest BCUT2D eigenvalue weighted by Crippen LogP contribution is -2.44. The maximum atomic E-state index is 6.03. The molecular formula is C26H29N5O2. The summed E-state index contributed by atoms with van der Waals surface area (Å²) in [6, 6.07) is 6.45. The number of ether oxygens (including phenoxy) is 2. The van der Waals surface area contributed by atoms with Gasteiger partial charge in [0, 0.05) is 42.4 Å². The third-order valence-electron chi connectivity index (χ3n) is 6.71. The predicted molar refractivity (Wildman–Crippen MR) is 127 cm³/mol. The molecule has 1 saturated carbocycles. The maximum absolute atomic E-state index is 6.03. The summed E-state index contributed by atoms with van der Waals surface area (Å²) in [6.07, 6.45) is 9.25. The molecule has 6 rings (SSSR count). The Bertz CT molecular complexity index is 1220. The van der Waals surface area contributed by atoms with Crippen LogP contribution in [0, 0.1) is 17.8 Å². The summed E-state index contributed by atoms with van der Waals surface area (Å²) >= 11 is 0. The molecule has 5 heterocycles. The number of hydrogen-bond donors (Lipinski definition) is 0. The van der Waals surface area contributed by atoms with Crippen LogP contribution in [0.25, 0.3) is 22.3 Å². The van der Waals surface area contributed by atoms with Gasteiger partial charge in [-0.05, 0) is 57.2 Å². The Morgan fingerprint density at radius 1 is 1.09 bits per heavy atom. The van der Waals surface area contributed by atoms with Crippen LogP contribution in [0.3, 0.4) is 0 Å². The summed E-state index contributed by atoms with van der Waals surface area (Å²) in [7, 11) is 0. The maximum Gasteiger partial charge on any atom is 0.150 e. The molecular weight excluding hydrogens is 414 g/mol. The molecule has 0 bridgehead atoms. The minimum absolute atomic E-state index is 0.0580. The van der Waals surface area contributed by atoms with Crippen LogP contribution in [0.1, 0.15) is 50.8 Å². The second kappa shape index (κ2) is 8.77. The Hall–Kier alpha value is -2.95. The summed E-state index contributed by atoms with van der Waals surface area (Å²) in [5.74, 6) is 8.39. The molecule has 2 saturated heterocycles. The molecule has 1 aliphatic carbocycles. The Morgan fingerprint density at radius 3 is 2.85 bits per heavy atom. The van der Waals surface area contributed by atoms with Gasteiger partial charge < -0.3 is 14.4 Å². The van der Waals surface area contributed by atoms with E-state index in [1.165, 1.54) is 12.8 Å². The molecule has 3 fully saturated rings. The standard InChI is InChI=1S/C26H29N5O2/c1-18-17-32-15-13-30(18)23-16-20(8-7-19-5-6-19)21-9-11-27-26(25(21)29-23)22-10-12-28-31(22)24-4-2-3-14-33-24/h9-12,16,18-19,24H,2-6,13-15,17H2,1H3/t18-,24-/m1/s1. The van der Waals surface area contributed by atoms with Crippen LogP contribution in [-0.2, 0) is 9.47 Å². The molecule has 33 heavy (non-hydrogen) atoms. The van der Waals surface area contributed by atoms with Crippen LogP contribution in [-0.4, -0.2) is 52.2 Å². The summed E-state index contributed by atoms with van der Waals surface area (Å²) in [6.45, 7) is 5.18. The van der Waals surface area contributed by atoms with Gasteiger partial charge in [-0.3, -0.25) is 4.98 Å². The molecule has 0 aromatic carbocycles. The number of aromatic nitrogens is 4. The SMILES string of the molecule is C[C@@H]1COCCN1c1cc(C#CC2CC2)c2ccnc(-c3ccnn3[C@H]3CCCCO3)c2n1. The highest BCUT2D eigenvalue weighted by Crippen LogP contribution is 2.34. The first kappa shape index (κ1) is 20.6. The van der Waals surface area contributed by atoms with Gasteiger partial charge in [0.1, 0.15) is 17.0 Å². The monoisotopic (exact) mass is 443 g/mol. The molecule has 0 spiro atoms. The molecule has 7 heteroatoms. The molecule has 0 unspecified atom stereocenters. The molecule has 0 amide bonds. The lowest BCUT2D eigenvalue weighted by Gasteiger charge is -2.34. The van der Waals surface area contributed by atoms with Crippen LogP contribution in [0.15, 0.2) is 30.6 Å². The van der Waals surface area contributed by atoms with Gasteiger partial charge in [0.15, 0.2) is 6.23 Å². The topological polar surface area (TPSA) is 65.3 Å². The van der Waals surface area contributed by atoms with Gasteiger partial charge in [0.05, 0.1) is 24.9 Å². The smallest absolute Gasteiger partial charge is 0.150 e. The molecule has 3 aromatic heterocycles. The number of morpholine rings is 1. The minimum Gasteiger partial charge on any atom is -0.377 e. The van der Waals surface area contributed by atoms with Gasteiger partial charge in [-0.25, -0.2) is 9.67 Å². The Labute approximate surface area is 194 Å². The van der Waals surface area contributed by atoms with Crippen molar-refractivity contribution in [1.29, 1.82) is 0 Å². The van der Waals surface area contributed by atoms with E-state index in [4.69, 9.17) is 19.4 Å². The molecule has 0 N–H and O–H groups in total. The number of pyridine rings is 2. The van der Waals surface area contributed by atoms with E-state index < -0.39 is 0 Å². The quantitative estimate of drug-likeness (QED) is 0.566.